The van der Waals surface area contributed by atoms with Gasteiger partial charge in [-0.25, -0.2) is 9.78 Å². The van der Waals surface area contributed by atoms with Gasteiger partial charge in [0.2, 0.25) is 0 Å². The zero-order chi connectivity index (χ0) is 16.9. The van der Waals surface area contributed by atoms with Crippen LogP contribution in [0.3, 0.4) is 0 Å². The summed E-state index contributed by atoms with van der Waals surface area (Å²) >= 11 is 5.86. The van der Waals surface area contributed by atoms with Crippen LogP contribution < -0.4 is 5.32 Å². The SMILES string of the molecule is CCOC(=O)/C(=C/Nc1ccccc1S)c1nc2ccccc2s1. The van der Waals surface area contributed by atoms with Crippen molar-refractivity contribution in [3.8, 4) is 0 Å². The fourth-order valence-electron chi connectivity index (χ4n) is 2.15. The van der Waals surface area contributed by atoms with E-state index in [1.54, 1.807) is 13.1 Å². The lowest BCUT2D eigenvalue weighted by molar-refractivity contribution is -0.136. The second kappa shape index (κ2) is 7.51. The highest BCUT2D eigenvalue weighted by atomic mass is 32.1. The molecule has 0 unspecified atom stereocenters. The molecule has 4 nitrogen and oxygen atoms in total. The summed E-state index contributed by atoms with van der Waals surface area (Å²) in [6, 6.07) is 15.3. The minimum atomic E-state index is -0.402. The number of ether oxygens (including phenoxy) is 1. The molecule has 3 aromatic rings. The molecule has 0 spiro atoms. The first-order valence-corrected chi connectivity index (χ1v) is 8.73. The Kier molecular flexibility index (Phi) is 5.17. The van der Waals surface area contributed by atoms with E-state index >= 15 is 0 Å². The summed E-state index contributed by atoms with van der Waals surface area (Å²) in [5.41, 5.74) is 2.07. The lowest BCUT2D eigenvalue weighted by Crippen LogP contribution is -2.08. The van der Waals surface area contributed by atoms with Crippen molar-refractivity contribution in [3.05, 3.63) is 59.7 Å². The summed E-state index contributed by atoms with van der Waals surface area (Å²) in [4.78, 5) is 17.7. The van der Waals surface area contributed by atoms with Crippen LogP contribution in [0.25, 0.3) is 15.8 Å². The lowest BCUT2D eigenvalue weighted by Gasteiger charge is -2.07. The Balaban J connectivity index is 1.98. The molecule has 3 rings (SSSR count). The predicted octanol–water partition coefficient (Wildman–Crippen LogP) is 4.60. The third-order valence-electron chi connectivity index (χ3n) is 3.30. The van der Waals surface area contributed by atoms with E-state index in [4.69, 9.17) is 4.74 Å². The predicted molar refractivity (Wildman–Crippen MR) is 102 cm³/mol. The zero-order valence-electron chi connectivity index (χ0n) is 13.0. The van der Waals surface area contributed by atoms with Crippen molar-refractivity contribution >= 4 is 51.4 Å². The van der Waals surface area contributed by atoms with Crippen LogP contribution in [0.1, 0.15) is 11.9 Å². The third kappa shape index (κ3) is 3.60. The van der Waals surface area contributed by atoms with Gasteiger partial charge in [-0.3, -0.25) is 0 Å². The number of thiazole rings is 1. The summed E-state index contributed by atoms with van der Waals surface area (Å²) in [5, 5.41) is 3.75. The van der Waals surface area contributed by atoms with Crippen LogP contribution in [0.2, 0.25) is 0 Å². The normalized spacial score (nSPS) is 11.5. The minimum Gasteiger partial charge on any atom is -0.462 e. The fraction of sp³-hybridized carbons (Fsp3) is 0.111. The Bertz CT molecular complexity index is 870. The molecular formula is C18H16N2O2S2. The first-order chi connectivity index (χ1) is 11.7. The van der Waals surface area contributed by atoms with E-state index in [1.165, 1.54) is 11.3 Å². The highest BCUT2D eigenvalue weighted by molar-refractivity contribution is 7.80. The number of hydrogen-bond acceptors (Lipinski definition) is 6. The third-order valence-corrected chi connectivity index (χ3v) is 4.76. The molecule has 0 fully saturated rings. The van der Waals surface area contributed by atoms with E-state index in [1.807, 2.05) is 48.5 Å². The fourth-order valence-corrected chi connectivity index (χ4v) is 3.34. The van der Waals surface area contributed by atoms with Crippen LogP contribution >= 0.6 is 24.0 Å². The van der Waals surface area contributed by atoms with Crippen molar-refractivity contribution in [1.82, 2.24) is 4.98 Å². The highest BCUT2D eigenvalue weighted by Gasteiger charge is 2.18. The van der Waals surface area contributed by atoms with Gasteiger partial charge in [0.1, 0.15) is 10.6 Å². The number of thiol groups is 1. The summed E-state index contributed by atoms with van der Waals surface area (Å²) in [5.74, 6) is -0.402. The number of carbonyl (C=O) groups excluding carboxylic acids is 1. The Hall–Kier alpha value is -2.31. The number of fused-ring (bicyclic) bond motifs is 1. The summed E-state index contributed by atoms with van der Waals surface area (Å²) in [6.45, 7) is 2.09. The standard InChI is InChI=1S/C18H16N2O2S2/c1-2-22-18(21)12(11-19-13-7-3-5-9-15(13)23)17-20-14-8-4-6-10-16(14)24-17/h3-11,19,23H,2H2,1H3/b12-11+. The quantitative estimate of drug-likeness (QED) is 0.398. The van der Waals surface area contributed by atoms with Crippen LogP contribution in [0.15, 0.2) is 59.6 Å². The van der Waals surface area contributed by atoms with Crippen LogP contribution in [0.5, 0.6) is 0 Å². The first-order valence-electron chi connectivity index (χ1n) is 7.47. The molecule has 1 N–H and O–H groups in total. The number of nitrogens with one attached hydrogen (secondary N) is 1. The van der Waals surface area contributed by atoms with Crippen LogP contribution in [0, 0.1) is 0 Å². The molecule has 1 heterocycles. The van der Waals surface area contributed by atoms with Crippen molar-refractivity contribution < 1.29 is 9.53 Å². The Morgan fingerprint density at radius 1 is 1.25 bits per heavy atom. The topological polar surface area (TPSA) is 51.2 Å². The molecule has 2 aromatic carbocycles. The van der Waals surface area contributed by atoms with E-state index < -0.39 is 5.97 Å². The number of rotatable bonds is 5. The van der Waals surface area contributed by atoms with E-state index in [2.05, 4.69) is 22.9 Å². The number of para-hydroxylation sites is 2. The minimum absolute atomic E-state index is 0.310. The molecule has 0 saturated carbocycles. The number of anilines is 1. The number of carbonyl (C=O) groups is 1. The molecular weight excluding hydrogens is 340 g/mol. The Morgan fingerprint density at radius 3 is 2.75 bits per heavy atom. The number of nitrogens with zero attached hydrogens (tertiary/aromatic N) is 1. The second-order valence-corrected chi connectivity index (χ2v) is 6.44. The summed E-state index contributed by atoms with van der Waals surface area (Å²) in [7, 11) is 0. The Morgan fingerprint density at radius 2 is 2.00 bits per heavy atom. The zero-order valence-corrected chi connectivity index (χ0v) is 14.7. The van der Waals surface area contributed by atoms with Gasteiger partial charge in [0, 0.05) is 11.1 Å². The summed E-state index contributed by atoms with van der Waals surface area (Å²) in [6.07, 6.45) is 1.63. The molecule has 0 aliphatic heterocycles. The van der Waals surface area contributed by atoms with Gasteiger partial charge >= 0.3 is 5.97 Å². The van der Waals surface area contributed by atoms with E-state index in [9.17, 15) is 4.79 Å². The smallest absolute Gasteiger partial charge is 0.342 e. The van der Waals surface area contributed by atoms with Gasteiger partial charge in [0.05, 0.1) is 22.5 Å². The average molecular weight is 356 g/mol. The van der Waals surface area contributed by atoms with Crippen molar-refractivity contribution in [2.45, 2.75) is 11.8 Å². The maximum absolute atomic E-state index is 12.3. The van der Waals surface area contributed by atoms with Gasteiger partial charge in [0.15, 0.2) is 0 Å². The van der Waals surface area contributed by atoms with E-state index in [0.717, 1.165) is 20.8 Å². The largest absolute Gasteiger partial charge is 0.462 e. The molecule has 122 valence electrons. The molecule has 0 amide bonds. The van der Waals surface area contributed by atoms with Gasteiger partial charge in [-0.1, -0.05) is 24.3 Å². The first kappa shape index (κ1) is 16.5. The number of hydrogen-bond donors (Lipinski definition) is 2. The number of esters is 1. The van der Waals surface area contributed by atoms with Gasteiger partial charge in [-0.2, -0.15) is 0 Å². The molecule has 0 aliphatic carbocycles. The molecule has 0 radical (unpaired) electrons. The lowest BCUT2D eigenvalue weighted by atomic mass is 10.3. The Labute approximate surface area is 149 Å². The van der Waals surface area contributed by atoms with Crippen LogP contribution in [-0.2, 0) is 9.53 Å². The van der Waals surface area contributed by atoms with E-state index in [-0.39, 0.29) is 0 Å². The molecule has 0 aliphatic rings. The maximum Gasteiger partial charge on any atom is 0.342 e. The van der Waals surface area contributed by atoms with Gasteiger partial charge in [-0.05, 0) is 31.2 Å². The van der Waals surface area contributed by atoms with Crippen LogP contribution in [0.4, 0.5) is 5.69 Å². The molecule has 1 aromatic heterocycles. The maximum atomic E-state index is 12.3. The second-order valence-electron chi connectivity index (χ2n) is 4.93. The molecule has 0 atom stereocenters. The van der Waals surface area contributed by atoms with E-state index in [0.29, 0.717) is 17.2 Å². The van der Waals surface area contributed by atoms with Gasteiger partial charge < -0.3 is 10.1 Å². The van der Waals surface area contributed by atoms with Crippen molar-refractivity contribution in [1.29, 1.82) is 0 Å². The molecule has 0 bridgehead atoms. The summed E-state index contributed by atoms with van der Waals surface area (Å²) < 4.78 is 6.20. The van der Waals surface area contributed by atoms with Crippen LogP contribution in [-0.4, -0.2) is 17.6 Å². The number of aromatic nitrogens is 1. The monoisotopic (exact) mass is 356 g/mol. The van der Waals surface area contributed by atoms with Crippen molar-refractivity contribution in [3.63, 3.8) is 0 Å². The average Bonchev–Trinajstić information content (AvgIpc) is 3.00. The van der Waals surface area contributed by atoms with Gasteiger partial charge in [0.25, 0.3) is 0 Å². The van der Waals surface area contributed by atoms with Crippen molar-refractivity contribution in [2.75, 3.05) is 11.9 Å². The van der Waals surface area contributed by atoms with Gasteiger partial charge in [-0.15, -0.1) is 24.0 Å². The molecule has 6 heteroatoms. The number of benzene rings is 2. The highest BCUT2D eigenvalue weighted by Crippen LogP contribution is 2.28. The molecule has 0 saturated heterocycles. The molecule has 24 heavy (non-hydrogen) atoms. The van der Waals surface area contributed by atoms with Crippen molar-refractivity contribution in [2.24, 2.45) is 0 Å².